The van der Waals surface area contributed by atoms with Crippen LogP contribution in [-0.4, -0.2) is 23.9 Å². The maximum absolute atomic E-state index is 12.6. The van der Waals surface area contributed by atoms with E-state index in [2.05, 4.69) is 42.6 Å². The van der Waals surface area contributed by atoms with Gasteiger partial charge in [0.1, 0.15) is 5.66 Å². The van der Waals surface area contributed by atoms with Gasteiger partial charge >= 0.3 is 0 Å². The zero-order valence-corrected chi connectivity index (χ0v) is 11.4. The van der Waals surface area contributed by atoms with Crippen LogP contribution < -0.4 is 5.32 Å². The first kappa shape index (κ1) is 11.7. The van der Waals surface area contributed by atoms with Gasteiger partial charge in [-0.25, -0.2) is 0 Å². The third-order valence-corrected chi connectivity index (χ3v) is 4.38. The Balaban J connectivity index is 1.99. The first-order valence-electron chi connectivity index (χ1n) is 6.97. The fourth-order valence-corrected chi connectivity index (χ4v) is 3.44. The molecule has 20 heavy (non-hydrogen) atoms. The number of benzene rings is 2. The van der Waals surface area contributed by atoms with Crippen molar-refractivity contribution in [3.05, 3.63) is 70.8 Å². The van der Waals surface area contributed by atoms with Crippen LogP contribution in [0.5, 0.6) is 0 Å². The molecule has 0 aromatic heterocycles. The lowest BCUT2D eigenvalue weighted by Crippen LogP contribution is -2.46. The van der Waals surface area contributed by atoms with E-state index in [1.54, 1.807) is 0 Å². The van der Waals surface area contributed by atoms with Gasteiger partial charge in [-0.1, -0.05) is 48.0 Å². The molecule has 4 rings (SSSR count). The second-order valence-corrected chi connectivity index (χ2v) is 5.51. The third kappa shape index (κ3) is 1.30. The molecule has 1 amide bonds. The van der Waals surface area contributed by atoms with Gasteiger partial charge in [-0.3, -0.25) is 10.1 Å². The average molecular weight is 264 g/mol. The van der Waals surface area contributed by atoms with E-state index < -0.39 is 5.66 Å². The number of amides is 1. The molecule has 0 unspecified atom stereocenters. The fourth-order valence-electron chi connectivity index (χ4n) is 3.44. The number of fused-ring (bicyclic) bond motifs is 3. The minimum atomic E-state index is -0.471. The molecule has 0 bridgehead atoms. The van der Waals surface area contributed by atoms with Crippen molar-refractivity contribution in [3.8, 4) is 0 Å². The quantitative estimate of drug-likeness (QED) is 0.857. The lowest BCUT2D eigenvalue weighted by molar-refractivity contribution is 0.0694. The monoisotopic (exact) mass is 264 g/mol. The van der Waals surface area contributed by atoms with Gasteiger partial charge < -0.3 is 4.90 Å². The molecule has 1 fully saturated rings. The molecule has 0 spiro atoms. The van der Waals surface area contributed by atoms with Crippen LogP contribution in [0.4, 0.5) is 0 Å². The zero-order chi connectivity index (χ0) is 13.7. The lowest BCUT2D eigenvalue weighted by atomic mass is 9.91. The van der Waals surface area contributed by atoms with E-state index in [0.29, 0.717) is 0 Å². The third-order valence-electron chi connectivity index (χ3n) is 4.38. The second-order valence-electron chi connectivity index (χ2n) is 5.51. The average Bonchev–Trinajstić information content (AvgIpc) is 3.01. The van der Waals surface area contributed by atoms with Gasteiger partial charge in [0, 0.05) is 24.2 Å². The zero-order valence-electron chi connectivity index (χ0n) is 11.4. The molecule has 1 atom stereocenters. The molecule has 2 heterocycles. The van der Waals surface area contributed by atoms with Crippen molar-refractivity contribution in [3.63, 3.8) is 0 Å². The Bertz CT molecular complexity index is 692. The SMILES string of the molecule is Cc1ccc([C@@]23NCCN2C(=O)c2ccccc23)cc1. The smallest absolute Gasteiger partial charge is 0.256 e. The van der Waals surface area contributed by atoms with Crippen LogP contribution in [0, 0.1) is 6.92 Å². The van der Waals surface area contributed by atoms with Gasteiger partial charge in [0.05, 0.1) is 0 Å². The van der Waals surface area contributed by atoms with E-state index in [4.69, 9.17) is 0 Å². The highest BCUT2D eigenvalue weighted by Gasteiger charge is 2.53. The highest BCUT2D eigenvalue weighted by molar-refractivity contribution is 6.01. The summed E-state index contributed by atoms with van der Waals surface area (Å²) in [6, 6.07) is 16.4. The summed E-state index contributed by atoms with van der Waals surface area (Å²) in [7, 11) is 0. The van der Waals surface area contributed by atoms with Crippen LogP contribution in [0.25, 0.3) is 0 Å². The van der Waals surface area contributed by atoms with Gasteiger partial charge in [-0.2, -0.15) is 0 Å². The van der Waals surface area contributed by atoms with Crippen LogP contribution in [0.3, 0.4) is 0 Å². The number of aryl methyl sites for hydroxylation is 1. The summed E-state index contributed by atoms with van der Waals surface area (Å²) in [6.07, 6.45) is 0. The standard InChI is InChI=1S/C17H16N2O/c1-12-6-8-13(9-7-12)17-15-5-3-2-4-14(15)16(20)19(17)11-10-18-17/h2-9,18H,10-11H2,1H3/t17-/m1/s1. The number of carbonyl (C=O) groups is 1. The predicted molar refractivity (Wildman–Crippen MR) is 77.4 cm³/mol. The van der Waals surface area contributed by atoms with Crippen molar-refractivity contribution in [2.24, 2.45) is 0 Å². The summed E-state index contributed by atoms with van der Waals surface area (Å²) in [6.45, 7) is 3.66. The number of hydrogen-bond acceptors (Lipinski definition) is 2. The van der Waals surface area contributed by atoms with Crippen LogP contribution in [0.1, 0.15) is 27.0 Å². The minimum Gasteiger partial charge on any atom is -0.311 e. The molecular weight excluding hydrogens is 248 g/mol. The van der Waals surface area contributed by atoms with E-state index in [1.165, 1.54) is 5.56 Å². The molecular formula is C17H16N2O. The van der Waals surface area contributed by atoms with Crippen molar-refractivity contribution < 1.29 is 4.79 Å². The Morgan fingerprint density at radius 3 is 2.65 bits per heavy atom. The summed E-state index contributed by atoms with van der Waals surface area (Å²) in [5, 5.41) is 3.56. The van der Waals surface area contributed by atoms with Gasteiger partial charge in [0.2, 0.25) is 0 Å². The normalized spacial score (nSPS) is 23.9. The molecule has 3 heteroatoms. The molecule has 2 aromatic carbocycles. The summed E-state index contributed by atoms with van der Waals surface area (Å²) >= 11 is 0. The number of hydrogen-bond donors (Lipinski definition) is 1. The fraction of sp³-hybridized carbons (Fsp3) is 0.235. The topological polar surface area (TPSA) is 32.3 Å². The van der Waals surface area contributed by atoms with Crippen molar-refractivity contribution in [2.45, 2.75) is 12.6 Å². The molecule has 100 valence electrons. The van der Waals surface area contributed by atoms with Gasteiger partial charge in [0.15, 0.2) is 0 Å². The van der Waals surface area contributed by atoms with E-state index in [9.17, 15) is 4.79 Å². The van der Waals surface area contributed by atoms with E-state index >= 15 is 0 Å². The number of nitrogens with zero attached hydrogens (tertiary/aromatic N) is 1. The van der Waals surface area contributed by atoms with Crippen molar-refractivity contribution in [1.29, 1.82) is 0 Å². The molecule has 2 aromatic rings. The Labute approximate surface area is 118 Å². The van der Waals surface area contributed by atoms with Crippen LogP contribution in [-0.2, 0) is 5.66 Å². The molecule has 2 aliphatic rings. The highest BCUT2D eigenvalue weighted by Crippen LogP contribution is 2.44. The Morgan fingerprint density at radius 1 is 1.10 bits per heavy atom. The Kier molecular flexibility index (Phi) is 2.30. The van der Waals surface area contributed by atoms with E-state index in [0.717, 1.165) is 29.8 Å². The maximum atomic E-state index is 12.6. The predicted octanol–water partition coefficient (Wildman–Crippen LogP) is 2.26. The summed E-state index contributed by atoms with van der Waals surface area (Å²) in [5.74, 6) is 0.131. The first-order chi connectivity index (χ1) is 9.73. The van der Waals surface area contributed by atoms with Crippen LogP contribution >= 0.6 is 0 Å². The maximum Gasteiger partial charge on any atom is 0.256 e. The summed E-state index contributed by atoms with van der Waals surface area (Å²) < 4.78 is 0. The molecule has 3 nitrogen and oxygen atoms in total. The Hall–Kier alpha value is -2.13. The van der Waals surface area contributed by atoms with E-state index in [1.807, 2.05) is 23.1 Å². The minimum absolute atomic E-state index is 0.131. The molecule has 2 aliphatic heterocycles. The second kappa shape index (κ2) is 3.93. The largest absolute Gasteiger partial charge is 0.311 e. The molecule has 0 aliphatic carbocycles. The van der Waals surface area contributed by atoms with Gasteiger partial charge in [0.25, 0.3) is 5.91 Å². The van der Waals surface area contributed by atoms with Crippen molar-refractivity contribution in [2.75, 3.05) is 13.1 Å². The number of carbonyl (C=O) groups excluding carboxylic acids is 1. The van der Waals surface area contributed by atoms with Crippen molar-refractivity contribution in [1.82, 2.24) is 10.2 Å². The van der Waals surface area contributed by atoms with E-state index in [-0.39, 0.29) is 5.91 Å². The van der Waals surface area contributed by atoms with Gasteiger partial charge in [-0.15, -0.1) is 0 Å². The summed E-state index contributed by atoms with van der Waals surface area (Å²) in [5.41, 5.74) is 3.79. The number of rotatable bonds is 1. The van der Waals surface area contributed by atoms with Crippen LogP contribution in [0.15, 0.2) is 48.5 Å². The van der Waals surface area contributed by atoms with Crippen LogP contribution in [0.2, 0.25) is 0 Å². The highest BCUT2D eigenvalue weighted by atomic mass is 16.2. The summed E-state index contributed by atoms with van der Waals surface area (Å²) in [4.78, 5) is 14.6. The van der Waals surface area contributed by atoms with Crippen molar-refractivity contribution >= 4 is 5.91 Å². The van der Waals surface area contributed by atoms with Gasteiger partial charge in [-0.05, 0) is 18.6 Å². The molecule has 0 saturated carbocycles. The molecule has 1 saturated heterocycles. The molecule has 1 N–H and O–H groups in total. The Morgan fingerprint density at radius 2 is 1.85 bits per heavy atom. The molecule has 0 radical (unpaired) electrons. The lowest BCUT2D eigenvalue weighted by Gasteiger charge is -2.33. The first-order valence-corrected chi connectivity index (χ1v) is 6.97. The number of nitrogens with one attached hydrogen (secondary N) is 1.